The van der Waals surface area contributed by atoms with Crippen LogP contribution in [0.2, 0.25) is 0 Å². The van der Waals surface area contributed by atoms with Crippen molar-refractivity contribution in [3.63, 3.8) is 0 Å². The largest absolute Gasteiger partial charge is 0.337 e. The van der Waals surface area contributed by atoms with E-state index in [2.05, 4.69) is 16.0 Å². The van der Waals surface area contributed by atoms with Crippen molar-refractivity contribution in [3.8, 4) is 0 Å². The van der Waals surface area contributed by atoms with Crippen LogP contribution < -0.4 is 0 Å². The number of pyridine rings is 1. The summed E-state index contributed by atoms with van der Waals surface area (Å²) < 4.78 is 0. The fourth-order valence-electron chi connectivity index (χ4n) is 3.17. The molecule has 3 nitrogen and oxygen atoms in total. The molecule has 2 fully saturated rings. The third-order valence-corrected chi connectivity index (χ3v) is 4.30. The Kier molecular flexibility index (Phi) is 3.81. The van der Waals surface area contributed by atoms with Crippen molar-refractivity contribution < 1.29 is 4.79 Å². The van der Waals surface area contributed by atoms with Crippen LogP contribution in [0.25, 0.3) is 0 Å². The van der Waals surface area contributed by atoms with E-state index in [0.29, 0.717) is 24.4 Å². The SMILES string of the molecule is O=C(CCc1cccnc1)N(C1CCCC1)C1CC1. The number of hydrogen-bond donors (Lipinski definition) is 0. The van der Waals surface area contributed by atoms with Gasteiger partial charge in [0.15, 0.2) is 0 Å². The summed E-state index contributed by atoms with van der Waals surface area (Å²) in [4.78, 5) is 18.8. The highest BCUT2D eigenvalue weighted by atomic mass is 16.2. The summed E-state index contributed by atoms with van der Waals surface area (Å²) in [6.45, 7) is 0. The van der Waals surface area contributed by atoms with Gasteiger partial charge in [0.2, 0.25) is 5.91 Å². The lowest BCUT2D eigenvalue weighted by Gasteiger charge is -2.29. The number of rotatable bonds is 5. The molecule has 0 radical (unpaired) electrons. The highest BCUT2D eigenvalue weighted by molar-refractivity contribution is 5.77. The van der Waals surface area contributed by atoms with Crippen LogP contribution in [0, 0.1) is 0 Å². The Balaban J connectivity index is 1.58. The van der Waals surface area contributed by atoms with E-state index in [9.17, 15) is 4.79 Å². The molecule has 1 aromatic rings. The Hall–Kier alpha value is -1.38. The average molecular weight is 258 g/mol. The molecule has 3 rings (SSSR count). The van der Waals surface area contributed by atoms with Gasteiger partial charge >= 0.3 is 0 Å². The molecule has 0 saturated heterocycles. The van der Waals surface area contributed by atoms with E-state index in [1.54, 1.807) is 6.20 Å². The van der Waals surface area contributed by atoms with E-state index in [4.69, 9.17) is 0 Å². The van der Waals surface area contributed by atoms with Gasteiger partial charge in [-0.2, -0.15) is 0 Å². The van der Waals surface area contributed by atoms with E-state index in [1.165, 1.54) is 38.5 Å². The first-order chi connectivity index (χ1) is 9.34. The summed E-state index contributed by atoms with van der Waals surface area (Å²) in [5.41, 5.74) is 1.16. The van der Waals surface area contributed by atoms with Gasteiger partial charge in [-0.05, 0) is 43.7 Å². The second-order valence-electron chi connectivity index (χ2n) is 5.83. The Morgan fingerprint density at radius 2 is 1.95 bits per heavy atom. The van der Waals surface area contributed by atoms with E-state index in [0.717, 1.165) is 12.0 Å². The average Bonchev–Trinajstić information content (AvgIpc) is 3.12. The molecule has 1 aromatic heterocycles. The molecule has 2 saturated carbocycles. The maximum Gasteiger partial charge on any atom is 0.223 e. The molecule has 0 atom stereocenters. The van der Waals surface area contributed by atoms with Crippen molar-refractivity contribution in [2.45, 2.75) is 63.5 Å². The van der Waals surface area contributed by atoms with Crippen molar-refractivity contribution in [2.75, 3.05) is 0 Å². The molecule has 1 amide bonds. The normalized spacial score (nSPS) is 19.6. The minimum absolute atomic E-state index is 0.359. The molecule has 0 aromatic carbocycles. The van der Waals surface area contributed by atoms with Crippen molar-refractivity contribution in [3.05, 3.63) is 30.1 Å². The molecule has 0 N–H and O–H groups in total. The summed E-state index contributed by atoms with van der Waals surface area (Å²) in [5.74, 6) is 0.359. The third-order valence-electron chi connectivity index (χ3n) is 4.30. The van der Waals surface area contributed by atoms with Gasteiger partial charge in [-0.25, -0.2) is 0 Å². The lowest BCUT2D eigenvalue weighted by molar-refractivity contribution is -0.134. The minimum atomic E-state index is 0.359. The Labute approximate surface area is 115 Å². The van der Waals surface area contributed by atoms with Crippen LogP contribution in [0.15, 0.2) is 24.5 Å². The van der Waals surface area contributed by atoms with Gasteiger partial charge in [0.25, 0.3) is 0 Å². The lowest BCUT2D eigenvalue weighted by Crippen LogP contribution is -2.40. The first-order valence-electron chi connectivity index (χ1n) is 7.54. The standard InChI is InChI=1S/C16H22N2O/c19-16(10-7-13-4-3-11-17-12-13)18(15-8-9-15)14-5-1-2-6-14/h3-4,11-12,14-15H,1-2,5-10H2. The van der Waals surface area contributed by atoms with Crippen LogP contribution in [0.4, 0.5) is 0 Å². The third kappa shape index (κ3) is 3.14. The van der Waals surface area contributed by atoms with Gasteiger partial charge < -0.3 is 4.90 Å². The number of carbonyl (C=O) groups excluding carboxylic acids is 1. The van der Waals surface area contributed by atoms with Crippen LogP contribution >= 0.6 is 0 Å². The monoisotopic (exact) mass is 258 g/mol. The molecule has 2 aliphatic carbocycles. The molecule has 3 heteroatoms. The van der Waals surface area contributed by atoms with E-state index in [-0.39, 0.29) is 0 Å². The number of amides is 1. The first kappa shape index (κ1) is 12.6. The highest BCUT2D eigenvalue weighted by Crippen LogP contribution is 2.34. The number of aromatic nitrogens is 1. The molecule has 0 bridgehead atoms. The topological polar surface area (TPSA) is 33.2 Å². The zero-order valence-electron chi connectivity index (χ0n) is 11.4. The van der Waals surface area contributed by atoms with Crippen LogP contribution in [0.3, 0.4) is 0 Å². The Morgan fingerprint density at radius 1 is 1.21 bits per heavy atom. The van der Waals surface area contributed by atoms with E-state index >= 15 is 0 Å². The minimum Gasteiger partial charge on any atom is -0.337 e. The summed E-state index contributed by atoms with van der Waals surface area (Å²) in [6.07, 6.45) is 12.6. The summed E-state index contributed by atoms with van der Waals surface area (Å²) >= 11 is 0. The molecule has 1 heterocycles. The number of aryl methyl sites for hydroxylation is 1. The van der Waals surface area contributed by atoms with Crippen LogP contribution in [-0.2, 0) is 11.2 Å². The maximum absolute atomic E-state index is 12.5. The van der Waals surface area contributed by atoms with Gasteiger partial charge in [0.05, 0.1) is 0 Å². The molecule has 19 heavy (non-hydrogen) atoms. The molecule has 102 valence electrons. The van der Waals surface area contributed by atoms with Gasteiger partial charge in [0.1, 0.15) is 0 Å². The second-order valence-corrected chi connectivity index (χ2v) is 5.83. The van der Waals surface area contributed by atoms with E-state index < -0.39 is 0 Å². The predicted octanol–water partition coefficient (Wildman–Crippen LogP) is 2.95. The van der Waals surface area contributed by atoms with Crippen LogP contribution in [0.1, 0.15) is 50.5 Å². The van der Waals surface area contributed by atoms with Crippen molar-refractivity contribution in [2.24, 2.45) is 0 Å². The fraction of sp³-hybridized carbons (Fsp3) is 0.625. The smallest absolute Gasteiger partial charge is 0.223 e. The molecule has 0 unspecified atom stereocenters. The van der Waals surface area contributed by atoms with Crippen molar-refractivity contribution >= 4 is 5.91 Å². The second kappa shape index (κ2) is 5.72. The number of carbonyl (C=O) groups is 1. The molecular formula is C16H22N2O. The molecule has 0 spiro atoms. The van der Waals surface area contributed by atoms with Crippen LogP contribution in [0.5, 0.6) is 0 Å². The summed E-state index contributed by atoms with van der Waals surface area (Å²) in [5, 5.41) is 0. The lowest BCUT2D eigenvalue weighted by atomic mass is 10.1. The first-order valence-corrected chi connectivity index (χ1v) is 7.54. The summed E-state index contributed by atoms with van der Waals surface area (Å²) in [6, 6.07) is 5.09. The molecule has 2 aliphatic rings. The fourth-order valence-corrected chi connectivity index (χ4v) is 3.17. The zero-order valence-corrected chi connectivity index (χ0v) is 11.4. The highest BCUT2D eigenvalue weighted by Gasteiger charge is 2.37. The summed E-state index contributed by atoms with van der Waals surface area (Å²) in [7, 11) is 0. The van der Waals surface area contributed by atoms with Crippen LogP contribution in [-0.4, -0.2) is 27.9 Å². The van der Waals surface area contributed by atoms with E-state index in [1.807, 2.05) is 12.3 Å². The van der Waals surface area contributed by atoms with Gasteiger partial charge in [-0.15, -0.1) is 0 Å². The van der Waals surface area contributed by atoms with Crippen molar-refractivity contribution in [1.82, 2.24) is 9.88 Å². The van der Waals surface area contributed by atoms with Gasteiger partial charge in [0, 0.05) is 30.9 Å². The van der Waals surface area contributed by atoms with Gasteiger partial charge in [-0.1, -0.05) is 18.9 Å². The molecule has 0 aliphatic heterocycles. The molecular weight excluding hydrogens is 236 g/mol. The quantitative estimate of drug-likeness (QED) is 0.813. The van der Waals surface area contributed by atoms with Crippen molar-refractivity contribution in [1.29, 1.82) is 0 Å². The number of nitrogens with zero attached hydrogens (tertiary/aromatic N) is 2. The maximum atomic E-state index is 12.5. The predicted molar refractivity (Wildman–Crippen MR) is 74.7 cm³/mol. The Bertz CT molecular complexity index is 422. The number of hydrogen-bond acceptors (Lipinski definition) is 2. The zero-order chi connectivity index (χ0) is 13.1. The Morgan fingerprint density at radius 3 is 2.58 bits per heavy atom. The van der Waals surface area contributed by atoms with Gasteiger partial charge in [-0.3, -0.25) is 9.78 Å².